The van der Waals surface area contributed by atoms with Gasteiger partial charge in [-0.2, -0.15) is 18.3 Å². The summed E-state index contributed by atoms with van der Waals surface area (Å²) in [5.74, 6) is 0. The van der Waals surface area contributed by atoms with Crippen molar-refractivity contribution in [1.82, 2.24) is 9.78 Å². The molecule has 118 valence electrons. The van der Waals surface area contributed by atoms with Crippen LogP contribution in [0.15, 0.2) is 57.9 Å². The van der Waals surface area contributed by atoms with E-state index in [1.54, 1.807) is 30.3 Å². The molecule has 0 bridgehead atoms. The Labute approximate surface area is 137 Å². The van der Waals surface area contributed by atoms with Crippen LogP contribution < -0.4 is 5.43 Å². The van der Waals surface area contributed by atoms with E-state index in [-0.39, 0.29) is 16.6 Å². The minimum absolute atomic E-state index is 0.128. The third-order valence-electron chi connectivity index (χ3n) is 3.41. The van der Waals surface area contributed by atoms with Crippen LogP contribution >= 0.6 is 15.9 Å². The number of nitrogens with zero attached hydrogens (tertiary/aromatic N) is 2. The van der Waals surface area contributed by atoms with Gasteiger partial charge < -0.3 is 0 Å². The van der Waals surface area contributed by atoms with Crippen molar-refractivity contribution in [2.45, 2.75) is 12.7 Å². The lowest BCUT2D eigenvalue weighted by Crippen LogP contribution is -2.15. The number of aromatic nitrogens is 2. The van der Waals surface area contributed by atoms with E-state index in [1.165, 1.54) is 10.7 Å². The van der Waals surface area contributed by atoms with Crippen LogP contribution in [-0.4, -0.2) is 9.78 Å². The first-order valence-electron chi connectivity index (χ1n) is 6.68. The minimum atomic E-state index is -4.39. The van der Waals surface area contributed by atoms with Crippen LogP contribution in [0.2, 0.25) is 0 Å². The molecule has 0 N–H and O–H groups in total. The van der Waals surface area contributed by atoms with Gasteiger partial charge in [0.05, 0.1) is 23.0 Å². The predicted molar refractivity (Wildman–Crippen MR) is 84.2 cm³/mol. The van der Waals surface area contributed by atoms with E-state index in [0.29, 0.717) is 16.5 Å². The smallest absolute Gasteiger partial charge is 0.286 e. The molecule has 0 aliphatic rings. The Bertz CT molecular complexity index is 934. The Morgan fingerprint density at radius 2 is 1.83 bits per heavy atom. The number of hydrogen-bond acceptors (Lipinski definition) is 2. The van der Waals surface area contributed by atoms with Crippen molar-refractivity contribution in [1.29, 1.82) is 0 Å². The fraction of sp³-hybridized carbons (Fsp3) is 0.125. The fourth-order valence-electron chi connectivity index (χ4n) is 2.35. The van der Waals surface area contributed by atoms with Crippen LogP contribution in [-0.2, 0) is 12.7 Å². The normalized spacial score (nSPS) is 11.8. The first kappa shape index (κ1) is 15.7. The maximum atomic E-state index is 12.8. The van der Waals surface area contributed by atoms with Gasteiger partial charge >= 0.3 is 6.18 Å². The monoisotopic (exact) mass is 382 g/mol. The Morgan fingerprint density at radius 3 is 2.57 bits per heavy atom. The molecule has 0 spiro atoms. The van der Waals surface area contributed by atoms with E-state index in [2.05, 4.69) is 21.0 Å². The Balaban J connectivity index is 2.09. The summed E-state index contributed by atoms with van der Waals surface area (Å²) >= 11 is 3.10. The minimum Gasteiger partial charge on any atom is -0.286 e. The number of benzene rings is 2. The van der Waals surface area contributed by atoms with E-state index < -0.39 is 11.7 Å². The highest BCUT2D eigenvalue weighted by atomic mass is 79.9. The molecule has 0 fully saturated rings. The lowest BCUT2D eigenvalue weighted by Gasteiger charge is -2.12. The quantitative estimate of drug-likeness (QED) is 0.664. The molecule has 3 nitrogen and oxygen atoms in total. The number of hydrogen-bond donors (Lipinski definition) is 0. The van der Waals surface area contributed by atoms with Crippen LogP contribution in [0.1, 0.15) is 11.1 Å². The van der Waals surface area contributed by atoms with Crippen LogP contribution in [0, 0.1) is 0 Å². The van der Waals surface area contributed by atoms with Crippen molar-refractivity contribution in [3.05, 3.63) is 74.5 Å². The van der Waals surface area contributed by atoms with Gasteiger partial charge in [-0.25, -0.2) is 0 Å². The van der Waals surface area contributed by atoms with Crippen LogP contribution in [0.4, 0.5) is 13.2 Å². The van der Waals surface area contributed by atoms with Gasteiger partial charge in [-0.1, -0.05) is 24.3 Å². The molecule has 1 aromatic heterocycles. The van der Waals surface area contributed by atoms with E-state index >= 15 is 0 Å². The molecule has 7 heteroatoms. The number of halogens is 4. The van der Waals surface area contributed by atoms with Crippen molar-refractivity contribution in [2.24, 2.45) is 0 Å². The van der Waals surface area contributed by atoms with Crippen molar-refractivity contribution < 1.29 is 13.2 Å². The van der Waals surface area contributed by atoms with Crippen LogP contribution in [0.3, 0.4) is 0 Å². The second kappa shape index (κ2) is 5.81. The SMILES string of the molecule is O=c1c(Br)nn(Cc2cccc(C(F)(F)F)c2)c2ccccc12. The summed E-state index contributed by atoms with van der Waals surface area (Å²) in [6.07, 6.45) is -4.39. The van der Waals surface area contributed by atoms with Gasteiger partial charge in [-0.15, -0.1) is 0 Å². The zero-order valence-corrected chi connectivity index (χ0v) is 13.2. The van der Waals surface area contributed by atoms with Gasteiger partial charge in [0.15, 0.2) is 4.60 Å². The van der Waals surface area contributed by atoms with E-state index in [4.69, 9.17) is 0 Å². The van der Waals surface area contributed by atoms with Crippen molar-refractivity contribution >= 4 is 26.8 Å². The number of alkyl halides is 3. The van der Waals surface area contributed by atoms with Crippen molar-refractivity contribution in [3.8, 4) is 0 Å². The molecule has 0 aliphatic carbocycles. The molecule has 0 saturated heterocycles. The van der Waals surface area contributed by atoms with Crippen LogP contribution in [0.5, 0.6) is 0 Å². The lowest BCUT2D eigenvalue weighted by atomic mass is 10.1. The van der Waals surface area contributed by atoms with Crippen LogP contribution in [0.25, 0.3) is 10.9 Å². The number of fused-ring (bicyclic) bond motifs is 1. The lowest BCUT2D eigenvalue weighted by molar-refractivity contribution is -0.137. The molecule has 0 radical (unpaired) electrons. The maximum Gasteiger partial charge on any atom is 0.416 e. The summed E-state index contributed by atoms with van der Waals surface area (Å²) in [5.41, 5.74) is 0.0615. The first-order valence-corrected chi connectivity index (χ1v) is 7.47. The third kappa shape index (κ3) is 3.14. The zero-order chi connectivity index (χ0) is 16.6. The highest BCUT2D eigenvalue weighted by Crippen LogP contribution is 2.29. The van der Waals surface area contributed by atoms with Gasteiger partial charge in [0.2, 0.25) is 5.43 Å². The predicted octanol–water partition coefficient (Wildman–Crippen LogP) is 4.23. The highest BCUT2D eigenvalue weighted by Gasteiger charge is 2.30. The fourth-order valence-corrected chi connectivity index (χ4v) is 2.75. The summed E-state index contributed by atoms with van der Waals surface area (Å²) in [5, 5.41) is 4.59. The molecule has 2 aromatic carbocycles. The summed E-state index contributed by atoms with van der Waals surface area (Å²) in [6.45, 7) is 0.128. The highest BCUT2D eigenvalue weighted by molar-refractivity contribution is 9.10. The summed E-state index contributed by atoms with van der Waals surface area (Å²) in [7, 11) is 0. The van der Waals surface area contributed by atoms with E-state index in [9.17, 15) is 18.0 Å². The second-order valence-corrected chi connectivity index (χ2v) is 5.74. The first-order chi connectivity index (χ1) is 10.9. The third-order valence-corrected chi connectivity index (χ3v) is 3.93. The molecule has 23 heavy (non-hydrogen) atoms. The standard InChI is InChI=1S/C16H10BrF3N2O/c17-15-14(23)12-6-1-2-7-13(12)22(21-15)9-10-4-3-5-11(8-10)16(18,19)20/h1-8H,9H2. The van der Waals surface area contributed by atoms with Gasteiger partial charge in [0.1, 0.15) is 0 Å². The van der Waals surface area contributed by atoms with Gasteiger partial charge in [0.25, 0.3) is 0 Å². The maximum absolute atomic E-state index is 12.8. The Morgan fingerprint density at radius 1 is 1.09 bits per heavy atom. The van der Waals surface area contributed by atoms with Gasteiger partial charge in [0, 0.05) is 0 Å². The average Bonchev–Trinajstić information content (AvgIpc) is 2.52. The largest absolute Gasteiger partial charge is 0.416 e. The van der Waals surface area contributed by atoms with Crippen molar-refractivity contribution in [2.75, 3.05) is 0 Å². The average molecular weight is 383 g/mol. The number of para-hydroxylation sites is 1. The van der Waals surface area contributed by atoms with Gasteiger partial charge in [-0.05, 0) is 45.8 Å². The Kier molecular flexibility index (Phi) is 3.97. The molecule has 0 amide bonds. The number of rotatable bonds is 2. The molecule has 3 rings (SSSR count). The topological polar surface area (TPSA) is 34.9 Å². The molecule has 0 atom stereocenters. The zero-order valence-electron chi connectivity index (χ0n) is 11.6. The van der Waals surface area contributed by atoms with E-state index in [0.717, 1.165) is 12.1 Å². The summed E-state index contributed by atoms with van der Waals surface area (Å²) in [6, 6.07) is 11.9. The second-order valence-electron chi connectivity index (χ2n) is 4.99. The summed E-state index contributed by atoms with van der Waals surface area (Å²) < 4.78 is 40.1. The molecule has 3 aromatic rings. The molecular formula is C16H10BrF3N2O. The molecule has 1 heterocycles. The Hall–Kier alpha value is -2.15. The van der Waals surface area contributed by atoms with E-state index in [1.807, 2.05) is 0 Å². The molecule has 0 aliphatic heterocycles. The summed E-state index contributed by atoms with van der Waals surface area (Å²) in [4.78, 5) is 12.0. The van der Waals surface area contributed by atoms with Crippen molar-refractivity contribution in [3.63, 3.8) is 0 Å². The molecule has 0 saturated carbocycles. The van der Waals surface area contributed by atoms with Gasteiger partial charge in [-0.3, -0.25) is 9.48 Å². The molecule has 0 unspecified atom stereocenters. The molecular weight excluding hydrogens is 373 g/mol.